The fourth-order valence-corrected chi connectivity index (χ4v) is 3.27. The lowest BCUT2D eigenvalue weighted by Gasteiger charge is -2.34. The Morgan fingerprint density at radius 3 is 2.58 bits per heavy atom. The van der Waals surface area contributed by atoms with Crippen LogP contribution in [0, 0.1) is 11.2 Å². The maximum absolute atomic E-state index is 13.2. The van der Waals surface area contributed by atoms with Gasteiger partial charge in [-0.05, 0) is 46.5 Å². The van der Waals surface area contributed by atoms with E-state index in [1.54, 1.807) is 12.1 Å². The van der Waals surface area contributed by atoms with E-state index in [0.717, 1.165) is 31.2 Å². The largest absolute Gasteiger partial charge is 0.329 e. The zero-order chi connectivity index (χ0) is 13.9. The van der Waals surface area contributed by atoms with Gasteiger partial charge in [0, 0.05) is 18.4 Å². The van der Waals surface area contributed by atoms with Crippen LogP contribution in [0.15, 0.2) is 22.7 Å². The minimum absolute atomic E-state index is 0.202. The molecule has 19 heavy (non-hydrogen) atoms. The molecule has 0 atom stereocenters. The number of halogens is 2. The molecule has 0 aromatic heterocycles. The van der Waals surface area contributed by atoms with Crippen LogP contribution in [-0.4, -0.2) is 12.3 Å². The predicted molar refractivity (Wildman–Crippen MR) is 77.4 cm³/mol. The summed E-state index contributed by atoms with van der Waals surface area (Å²) in [7, 11) is 0. The smallest absolute Gasteiger partial charge is 0.144 e. The summed E-state index contributed by atoms with van der Waals surface area (Å²) < 4.78 is 13.6. The van der Waals surface area contributed by atoms with Gasteiger partial charge in [-0.2, -0.15) is 0 Å². The quantitative estimate of drug-likeness (QED) is 0.917. The zero-order valence-electron chi connectivity index (χ0n) is 10.9. The minimum Gasteiger partial charge on any atom is -0.329 e. The number of rotatable bonds is 4. The molecule has 1 fully saturated rings. The van der Waals surface area contributed by atoms with Crippen LogP contribution < -0.4 is 5.73 Å². The Labute approximate surface area is 121 Å². The monoisotopic (exact) mass is 327 g/mol. The van der Waals surface area contributed by atoms with Gasteiger partial charge in [-0.15, -0.1) is 0 Å². The van der Waals surface area contributed by atoms with E-state index in [4.69, 9.17) is 5.73 Å². The number of carbonyl (C=O) groups is 1. The van der Waals surface area contributed by atoms with E-state index in [2.05, 4.69) is 15.9 Å². The first-order valence-electron chi connectivity index (χ1n) is 6.75. The lowest BCUT2D eigenvalue weighted by molar-refractivity contribution is -0.129. The van der Waals surface area contributed by atoms with E-state index in [-0.39, 0.29) is 17.0 Å². The molecule has 2 nitrogen and oxygen atoms in total. The molecule has 1 aliphatic rings. The predicted octanol–water partition coefficient (Wildman–Crippen LogP) is 3.61. The van der Waals surface area contributed by atoms with Crippen molar-refractivity contribution in [3.05, 3.63) is 34.1 Å². The van der Waals surface area contributed by atoms with Crippen LogP contribution >= 0.6 is 15.9 Å². The SMILES string of the molecule is NCC1(C(=O)Cc2ccc(F)c(Br)c2)CCCCC1. The summed E-state index contributed by atoms with van der Waals surface area (Å²) >= 11 is 3.15. The van der Waals surface area contributed by atoms with Crippen molar-refractivity contribution in [3.63, 3.8) is 0 Å². The molecule has 1 aliphatic carbocycles. The summed E-state index contributed by atoms with van der Waals surface area (Å²) in [6.45, 7) is 0.425. The summed E-state index contributed by atoms with van der Waals surface area (Å²) in [5.74, 6) is -0.101. The van der Waals surface area contributed by atoms with Crippen molar-refractivity contribution in [1.29, 1.82) is 0 Å². The summed E-state index contributed by atoms with van der Waals surface area (Å²) in [5, 5.41) is 0. The molecule has 2 rings (SSSR count). The third-order valence-corrected chi connectivity index (χ3v) is 4.75. The summed E-state index contributed by atoms with van der Waals surface area (Å²) in [4.78, 5) is 12.5. The minimum atomic E-state index is -0.348. The third-order valence-electron chi connectivity index (χ3n) is 4.14. The lowest BCUT2D eigenvalue weighted by atomic mass is 9.70. The molecule has 0 radical (unpaired) electrons. The van der Waals surface area contributed by atoms with Crippen molar-refractivity contribution in [2.45, 2.75) is 38.5 Å². The molecule has 0 saturated heterocycles. The highest BCUT2D eigenvalue weighted by Gasteiger charge is 2.37. The molecule has 1 aromatic carbocycles. The number of benzene rings is 1. The molecule has 0 amide bonds. The molecule has 0 aliphatic heterocycles. The van der Waals surface area contributed by atoms with E-state index in [9.17, 15) is 9.18 Å². The van der Waals surface area contributed by atoms with Gasteiger partial charge in [0.1, 0.15) is 11.6 Å². The van der Waals surface area contributed by atoms with Gasteiger partial charge in [-0.3, -0.25) is 4.79 Å². The Morgan fingerprint density at radius 2 is 2.00 bits per heavy atom. The first-order valence-corrected chi connectivity index (χ1v) is 7.54. The highest BCUT2D eigenvalue weighted by Crippen LogP contribution is 2.37. The molecule has 104 valence electrons. The van der Waals surface area contributed by atoms with Crippen molar-refractivity contribution < 1.29 is 9.18 Å². The van der Waals surface area contributed by atoms with Gasteiger partial charge in [0.15, 0.2) is 0 Å². The normalized spacial score (nSPS) is 18.3. The van der Waals surface area contributed by atoms with Gasteiger partial charge in [0.05, 0.1) is 4.47 Å². The van der Waals surface area contributed by atoms with Crippen molar-refractivity contribution in [1.82, 2.24) is 0 Å². The topological polar surface area (TPSA) is 43.1 Å². The molecular formula is C15H19BrFNO. The van der Waals surface area contributed by atoms with Crippen molar-refractivity contribution >= 4 is 21.7 Å². The van der Waals surface area contributed by atoms with Crippen LogP contribution in [0.4, 0.5) is 4.39 Å². The van der Waals surface area contributed by atoms with Gasteiger partial charge in [0.25, 0.3) is 0 Å². The van der Waals surface area contributed by atoms with Gasteiger partial charge >= 0.3 is 0 Å². The average molecular weight is 328 g/mol. The van der Waals surface area contributed by atoms with Gasteiger partial charge in [-0.25, -0.2) is 4.39 Å². The van der Waals surface area contributed by atoms with E-state index < -0.39 is 0 Å². The molecule has 0 heterocycles. The summed E-state index contributed by atoms with van der Waals surface area (Å²) in [6, 6.07) is 4.74. The maximum Gasteiger partial charge on any atom is 0.144 e. The molecule has 0 spiro atoms. The molecule has 0 unspecified atom stereocenters. The first kappa shape index (κ1) is 14.7. The fourth-order valence-electron chi connectivity index (χ4n) is 2.85. The van der Waals surface area contributed by atoms with Gasteiger partial charge in [0.2, 0.25) is 0 Å². The van der Waals surface area contributed by atoms with Crippen LogP contribution in [-0.2, 0) is 11.2 Å². The molecule has 2 N–H and O–H groups in total. The van der Waals surface area contributed by atoms with Gasteiger partial charge < -0.3 is 5.73 Å². The third kappa shape index (κ3) is 3.23. The van der Waals surface area contributed by atoms with Crippen LogP contribution in [0.5, 0.6) is 0 Å². The van der Waals surface area contributed by atoms with Gasteiger partial charge in [-0.1, -0.05) is 25.3 Å². The Kier molecular flexibility index (Phi) is 4.74. The second-order valence-electron chi connectivity index (χ2n) is 5.39. The Morgan fingerprint density at radius 1 is 1.32 bits per heavy atom. The summed E-state index contributed by atoms with van der Waals surface area (Å²) in [6.07, 6.45) is 5.48. The second kappa shape index (κ2) is 6.14. The highest BCUT2D eigenvalue weighted by atomic mass is 79.9. The fraction of sp³-hybridized carbons (Fsp3) is 0.533. The van der Waals surface area contributed by atoms with Crippen LogP contribution in [0.3, 0.4) is 0 Å². The number of ketones is 1. The number of nitrogens with two attached hydrogens (primary N) is 1. The average Bonchev–Trinajstić information content (AvgIpc) is 2.43. The zero-order valence-corrected chi connectivity index (χ0v) is 12.5. The van der Waals surface area contributed by atoms with Crippen LogP contribution in [0.25, 0.3) is 0 Å². The number of hydrogen-bond donors (Lipinski definition) is 1. The Bertz CT molecular complexity index is 469. The lowest BCUT2D eigenvalue weighted by Crippen LogP contribution is -2.41. The molecule has 0 bridgehead atoms. The second-order valence-corrected chi connectivity index (χ2v) is 6.25. The van der Waals surface area contributed by atoms with E-state index in [1.807, 2.05) is 0 Å². The van der Waals surface area contributed by atoms with E-state index in [0.29, 0.717) is 17.4 Å². The standard InChI is InChI=1S/C15H19BrFNO/c16-12-8-11(4-5-13(12)17)9-14(19)15(10-18)6-2-1-3-7-15/h4-5,8H,1-3,6-7,9-10,18H2. The first-order chi connectivity index (χ1) is 9.07. The molecule has 1 aromatic rings. The summed E-state index contributed by atoms with van der Waals surface area (Å²) in [5.41, 5.74) is 6.35. The molecule has 4 heteroatoms. The van der Waals surface area contributed by atoms with Crippen molar-refractivity contribution in [2.75, 3.05) is 6.54 Å². The number of hydrogen-bond acceptors (Lipinski definition) is 2. The van der Waals surface area contributed by atoms with Crippen molar-refractivity contribution in [2.24, 2.45) is 11.1 Å². The van der Waals surface area contributed by atoms with Crippen molar-refractivity contribution in [3.8, 4) is 0 Å². The Hall–Kier alpha value is -0.740. The molecule has 1 saturated carbocycles. The number of Topliss-reactive ketones (excluding diaryl/α,β-unsaturated/α-hetero) is 1. The van der Waals surface area contributed by atoms with Crippen LogP contribution in [0.2, 0.25) is 0 Å². The van der Waals surface area contributed by atoms with E-state index in [1.165, 1.54) is 12.5 Å². The molecular weight excluding hydrogens is 309 g/mol. The maximum atomic E-state index is 13.2. The highest BCUT2D eigenvalue weighted by molar-refractivity contribution is 9.10. The van der Waals surface area contributed by atoms with E-state index >= 15 is 0 Å². The van der Waals surface area contributed by atoms with Crippen LogP contribution in [0.1, 0.15) is 37.7 Å². The number of carbonyl (C=O) groups excluding carboxylic acids is 1. The Balaban J connectivity index is 2.12.